The molecular weight excluding hydrogens is 246 g/mol. The van der Waals surface area contributed by atoms with Crippen molar-refractivity contribution in [2.45, 2.75) is 13.2 Å². The van der Waals surface area contributed by atoms with Gasteiger partial charge in [-0.25, -0.2) is 0 Å². The molecule has 0 bridgehead atoms. The van der Waals surface area contributed by atoms with Crippen LogP contribution in [0.3, 0.4) is 0 Å². The molecule has 0 aliphatic heterocycles. The van der Waals surface area contributed by atoms with E-state index in [9.17, 15) is 0 Å². The fourth-order valence-corrected chi connectivity index (χ4v) is 2.60. The normalized spacial score (nSPS) is 10.3. The van der Waals surface area contributed by atoms with Gasteiger partial charge in [0.1, 0.15) is 6.61 Å². The van der Waals surface area contributed by atoms with Crippen LogP contribution in [0.15, 0.2) is 36.4 Å². The zero-order chi connectivity index (χ0) is 12.8. The molecule has 0 fully saturated rings. The summed E-state index contributed by atoms with van der Waals surface area (Å²) in [7, 11) is 3.60. The number of methoxy groups -OCH3 is 1. The SMILES string of the molecule is CNCc1ccc(COc2ccccc2OC)s1. The molecule has 1 N–H and O–H groups in total. The molecular formula is C14H17NO2S. The Balaban J connectivity index is 1.97. The first kappa shape index (κ1) is 12.9. The zero-order valence-corrected chi connectivity index (χ0v) is 11.4. The molecule has 1 aromatic heterocycles. The summed E-state index contributed by atoms with van der Waals surface area (Å²) in [6.45, 7) is 1.48. The fourth-order valence-electron chi connectivity index (χ4n) is 1.66. The van der Waals surface area contributed by atoms with Crippen LogP contribution in [0.2, 0.25) is 0 Å². The number of thiophene rings is 1. The highest BCUT2D eigenvalue weighted by Crippen LogP contribution is 2.27. The first-order valence-electron chi connectivity index (χ1n) is 5.81. The van der Waals surface area contributed by atoms with E-state index >= 15 is 0 Å². The number of ether oxygens (including phenoxy) is 2. The van der Waals surface area contributed by atoms with E-state index in [1.165, 1.54) is 9.75 Å². The van der Waals surface area contributed by atoms with Gasteiger partial charge in [-0.3, -0.25) is 0 Å². The van der Waals surface area contributed by atoms with Crippen molar-refractivity contribution >= 4 is 11.3 Å². The molecule has 0 amide bonds. The molecule has 18 heavy (non-hydrogen) atoms. The minimum Gasteiger partial charge on any atom is -0.493 e. The van der Waals surface area contributed by atoms with E-state index in [4.69, 9.17) is 9.47 Å². The quantitative estimate of drug-likeness (QED) is 0.869. The average Bonchev–Trinajstić information content (AvgIpc) is 2.85. The maximum absolute atomic E-state index is 5.77. The fraction of sp³-hybridized carbons (Fsp3) is 0.286. The first-order valence-corrected chi connectivity index (χ1v) is 6.63. The van der Waals surface area contributed by atoms with E-state index in [1.807, 2.05) is 31.3 Å². The van der Waals surface area contributed by atoms with Crippen LogP contribution in [-0.4, -0.2) is 14.2 Å². The summed E-state index contributed by atoms with van der Waals surface area (Å²) in [5.41, 5.74) is 0. The van der Waals surface area contributed by atoms with Crippen molar-refractivity contribution in [3.63, 3.8) is 0 Å². The third kappa shape index (κ3) is 3.24. The van der Waals surface area contributed by atoms with Gasteiger partial charge in [-0.1, -0.05) is 12.1 Å². The van der Waals surface area contributed by atoms with Crippen molar-refractivity contribution in [3.8, 4) is 11.5 Å². The van der Waals surface area contributed by atoms with Crippen LogP contribution in [0.5, 0.6) is 11.5 Å². The summed E-state index contributed by atoms with van der Waals surface area (Å²) in [5, 5.41) is 3.14. The van der Waals surface area contributed by atoms with Crippen molar-refractivity contribution in [2.75, 3.05) is 14.2 Å². The lowest BCUT2D eigenvalue weighted by atomic mass is 10.3. The largest absolute Gasteiger partial charge is 0.493 e. The van der Waals surface area contributed by atoms with Crippen molar-refractivity contribution in [2.24, 2.45) is 0 Å². The molecule has 3 nitrogen and oxygen atoms in total. The zero-order valence-electron chi connectivity index (χ0n) is 10.6. The second-order valence-electron chi connectivity index (χ2n) is 3.84. The summed E-state index contributed by atoms with van der Waals surface area (Å²) >= 11 is 1.76. The second-order valence-corrected chi connectivity index (χ2v) is 5.09. The van der Waals surface area contributed by atoms with Gasteiger partial charge in [-0.05, 0) is 31.3 Å². The van der Waals surface area contributed by atoms with Crippen molar-refractivity contribution in [3.05, 3.63) is 46.2 Å². The van der Waals surface area contributed by atoms with Gasteiger partial charge in [0.2, 0.25) is 0 Å². The number of benzene rings is 1. The van der Waals surface area contributed by atoms with Crippen LogP contribution in [0.1, 0.15) is 9.75 Å². The Morgan fingerprint density at radius 2 is 1.78 bits per heavy atom. The predicted octanol–water partition coefficient (Wildman–Crippen LogP) is 3.06. The molecule has 0 radical (unpaired) electrons. The van der Waals surface area contributed by atoms with Gasteiger partial charge in [0.15, 0.2) is 11.5 Å². The molecule has 0 spiro atoms. The van der Waals surface area contributed by atoms with E-state index in [1.54, 1.807) is 18.4 Å². The minimum absolute atomic E-state index is 0.578. The maximum Gasteiger partial charge on any atom is 0.161 e. The van der Waals surface area contributed by atoms with Gasteiger partial charge in [0, 0.05) is 16.3 Å². The summed E-state index contributed by atoms with van der Waals surface area (Å²) in [4.78, 5) is 2.53. The van der Waals surface area contributed by atoms with Crippen LogP contribution < -0.4 is 14.8 Å². The minimum atomic E-state index is 0.578. The highest BCUT2D eigenvalue weighted by atomic mass is 32.1. The maximum atomic E-state index is 5.77. The number of hydrogen-bond acceptors (Lipinski definition) is 4. The molecule has 0 saturated carbocycles. The molecule has 4 heteroatoms. The van der Waals surface area contributed by atoms with Crippen LogP contribution in [0.25, 0.3) is 0 Å². The first-order chi connectivity index (χ1) is 8.83. The molecule has 0 atom stereocenters. The third-order valence-corrected chi connectivity index (χ3v) is 3.57. The summed E-state index contributed by atoms with van der Waals surface area (Å²) in [5.74, 6) is 1.55. The molecule has 0 saturated heterocycles. The molecule has 2 aromatic rings. The van der Waals surface area contributed by atoms with Gasteiger partial charge in [-0.15, -0.1) is 11.3 Å². The molecule has 96 valence electrons. The topological polar surface area (TPSA) is 30.5 Å². The van der Waals surface area contributed by atoms with Crippen LogP contribution >= 0.6 is 11.3 Å². The average molecular weight is 263 g/mol. The smallest absolute Gasteiger partial charge is 0.161 e. The van der Waals surface area contributed by atoms with E-state index in [0.29, 0.717) is 6.61 Å². The summed E-state index contributed by atoms with van der Waals surface area (Å²) in [6, 6.07) is 11.9. The molecule has 0 aliphatic carbocycles. The lowest BCUT2D eigenvalue weighted by molar-refractivity contribution is 0.287. The van der Waals surface area contributed by atoms with Crippen molar-refractivity contribution in [1.82, 2.24) is 5.32 Å². The molecule has 0 unspecified atom stereocenters. The monoisotopic (exact) mass is 263 g/mol. The van der Waals surface area contributed by atoms with Crippen LogP contribution in [-0.2, 0) is 13.2 Å². The molecule has 0 aliphatic rings. The van der Waals surface area contributed by atoms with E-state index < -0.39 is 0 Å². The Bertz CT molecular complexity index is 496. The summed E-state index contributed by atoms with van der Waals surface area (Å²) in [6.07, 6.45) is 0. The number of hydrogen-bond donors (Lipinski definition) is 1. The predicted molar refractivity (Wildman–Crippen MR) is 74.4 cm³/mol. The Labute approximate surface area is 111 Å². The van der Waals surface area contributed by atoms with Gasteiger partial charge in [0.25, 0.3) is 0 Å². The van der Waals surface area contributed by atoms with Crippen molar-refractivity contribution < 1.29 is 9.47 Å². The lowest BCUT2D eigenvalue weighted by Gasteiger charge is -2.09. The van der Waals surface area contributed by atoms with Crippen LogP contribution in [0.4, 0.5) is 0 Å². The number of para-hydroxylation sites is 2. The Hall–Kier alpha value is -1.52. The third-order valence-electron chi connectivity index (χ3n) is 2.51. The van der Waals surface area contributed by atoms with Gasteiger partial charge >= 0.3 is 0 Å². The van der Waals surface area contributed by atoms with Crippen LogP contribution in [0, 0.1) is 0 Å². The van der Waals surface area contributed by atoms with E-state index in [2.05, 4.69) is 17.4 Å². The molecule has 2 rings (SSSR count). The van der Waals surface area contributed by atoms with E-state index in [0.717, 1.165) is 18.0 Å². The Kier molecular flexibility index (Phi) is 4.61. The van der Waals surface area contributed by atoms with E-state index in [-0.39, 0.29) is 0 Å². The Morgan fingerprint density at radius 3 is 2.50 bits per heavy atom. The standard InChI is InChI=1S/C14H17NO2S/c1-15-9-11-7-8-12(18-11)10-17-14-6-4-3-5-13(14)16-2/h3-8,15H,9-10H2,1-2H3. The number of nitrogens with one attached hydrogen (secondary N) is 1. The summed E-state index contributed by atoms with van der Waals surface area (Å²) < 4.78 is 11.0. The van der Waals surface area contributed by atoms with Gasteiger partial charge in [-0.2, -0.15) is 0 Å². The number of rotatable bonds is 6. The van der Waals surface area contributed by atoms with Gasteiger partial charge < -0.3 is 14.8 Å². The molecule has 1 aromatic carbocycles. The molecule has 1 heterocycles. The lowest BCUT2D eigenvalue weighted by Crippen LogP contribution is -2.02. The Morgan fingerprint density at radius 1 is 1.06 bits per heavy atom. The highest BCUT2D eigenvalue weighted by molar-refractivity contribution is 7.11. The van der Waals surface area contributed by atoms with Crippen molar-refractivity contribution in [1.29, 1.82) is 0 Å². The van der Waals surface area contributed by atoms with Gasteiger partial charge in [0.05, 0.1) is 7.11 Å². The highest BCUT2D eigenvalue weighted by Gasteiger charge is 2.04. The second kappa shape index (κ2) is 6.42.